The molecule has 0 saturated carbocycles. The Bertz CT molecular complexity index is 778. The first kappa shape index (κ1) is 15.9. The van der Waals surface area contributed by atoms with Crippen LogP contribution < -0.4 is 10.5 Å². The maximum atomic E-state index is 12.3. The van der Waals surface area contributed by atoms with Crippen molar-refractivity contribution < 1.29 is 8.42 Å². The first-order chi connectivity index (χ1) is 9.79. The molecular formula is C13H15BrN4O2S. The molecule has 2 rings (SSSR count). The molecule has 0 aliphatic carbocycles. The minimum Gasteiger partial charge on any atom is -0.398 e. The van der Waals surface area contributed by atoms with Gasteiger partial charge in [-0.15, -0.1) is 0 Å². The lowest BCUT2D eigenvalue weighted by Crippen LogP contribution is -2.24. The number of hydrogen-bond acceptors (Lipinski definition) is 5. The largest absolute Gasteiger partial charge is 0.398 e. The topological polar surface area (TPSA) is 98.0 Å². The van der Waals surface area contributed by atoms with Gasteiger partial charge < -0.3 is 5.73 Å². The summed E-state index contributed by atoms with van der Waals surface area (Å²) < 4.78 is 27.9. The lowest BCUT2D eigenvalue weighted by molar-refractivity contribution is 0.579. The number of nitrogen functional groups attached to an aromatic ring is 1. The van der Waals surface area contributed by atoms with E-state index in [1.54, 1.807) is 32.2 Å². The fourth-order valence-corrected chi connectivity index (χ4v) is 3.52. The van der Waals surface area contributed by atoms with Crippen molar-refractivity contribution in [2.75, 3.05) is 5.73 Å². The summed E-state index contributed by atoms with van der Waals surface area (Å²) in [6.45, 7) is 3.56. The quantitative estimate of drug-likeness (QED) is 0.801. The fourth-order valence-electron chi connectivity index (χ4n) is 1.81. The smallest absolute Gasteiger partial charge is 0.241 e. The van der Waals surface area contributed by atoms with E-state index in [4.69, 9.17) is 5.73 Å². The molecule has 0 atom stereocenters. The van der Waals surface area contributed by atoms with E-state index in [-0.39, 0.29) is 11.4 Å². The van der Waals surface area contributed by atoms with Gasteiger partial charge in [0.25, 0.3) is 0 Å². The number of hydrogen-bond donors (Lipinski definition) is 2. The monoisotopic (exact) mass is 370 g/mol. The van der Waals surface area contributed by atoms with Crippen LogP contribution in [0.3, 0.4) is 0 Å². The molecule has 0 aliphatic rings. The highest BCUT2D eigenvalue weighted by Gasteiger charge is 2.18. The molecule has 21 heavy (non-hydrogen) atoms. The molecule has 1 aromatic heterocycles. The molecule has 0 bridgehead atoms. The predicted octanol–water partition coefficient (Wildman–Crippen LogP) is 1.92. The maximum Gasteiger partial charge on any atom is 0.241 e. The van der Waals surface area contributed by atoms with E-state index in [1.165, 1.54) is 6.07 Å². The summed E-state index contributed by atoms with van der Waals surface area (Å²) in [6, 6.07) is 4.78. The van der Waals surface area contributed by atoms with E-state index in [0.29, 0.717) is 27.2 Å². The highest BCUT2D eigenvalue weighted by molar-refractivity contribution is 9.10. The van der Waals surface area contributed by atoms with Crippen LogP contribution in [0.1, 0.15) is 17.1 Å². The second kappa shape index (κ2) is 6.08. The molecule has 2 aromatic rings. The predicted molar refractivity (Wildman–Crippen MR) is 84.1 cm³/mol. The Morgan fingerprint density at radius 1 is 1.33 bits per heavy atom. The number of nitrogens with two attached hydrogens (primary N) is 1. The van der Waals surface area contributed by atoms with Crippen molar-refractivity contribution in [3.05, 3.63) is 46.0 Å². The summed E-state index contributed by atoms with van der Waals surface area (Å²) in [5.41, 5.74) is 7.35. The molecule has 112 valence electrons. The van der Waals surface area contributed by atoms with Gasteiger partial charge in [0.15, 0.2) is 0 Å². The number of nitrogens with one attached hydrogen (secondary N) is 1. The molecule has 1 heterocycles. The Morgan fingerprint density at radius 3 is 2.71 bits per heavy atom. The number of halogens is 1. The minimum atomic E-state index is -3.65. The molecule has 8 heteroatoms. The van der Waals surface area contributed by atoms with Gasteiger partial charge in [-0.3, -0.25) is 0 Å². The third-order valence-corrected chi connectivity index (χ3v) is 5.09. The Morgan fingerprint density at radius 2 is 2.05 bits per heavy atom. The number of aryl methyl sites for hydroxylation is 2. The Labute approximate surface area is 132 Å². The van der Waals surface area contributed by atoms with Crippen molar-refractivity contribution in [3.63, 3.8) is 0 Å². The van der Waals surface area contributed by atoms with Crippen LogP contribution in [0, 0.1) is 13.8 Å². The van der Waals surface area contributed by atoms with Gasteiger partial charge in [0.05, 0.1) is 17.1 Å². The highest BCUT2D eigenvalue weighted by Crippen LogP contribution is 2.26. The number of anilines is 1. The van der Waals surface area contributed by atoms with Gasteiger partial charge in [0.2, 0.25) is 10.0 Å². The van der Waals surface area contributed by atoms with Crippen LogP contribution in [0.25, 0.3) is 0 Å². The highest BCUT2D eigenvalue weighted by atomic mass is 79.9. The second-order valence-corrected chi connectivity index (χ2v) is 7.15. The van der Waals surface area contributed by atoms with Crippen molar-refractivity contribution in [3.8, 4) is 0 Å². The summed E-state index contributed by atoms with van der Waals surface area (Å²) in [7, 11) is -3.65. The molecule has 0 fully saturated rings. The van der Waals surface area contributed by atoms with E-state index in [9.17, 15) is 8.42 Å². The molecular weight excluding hydrogens is 356 g/mol. The lowest BCUT2D eigenvalue weighted by Gasteiger charge is -2.11. The molecule has 0 aliphatic heterocycles. The fraction of sp³-hybridized carbons (Fsp3) is 0.231. The molecule has 3 N–H and O–H groups in total. The van der Waals surface area contributed by atoms with Gasteiger partial charge in [-0.2, -0.15) is 0 Å². The Kier molecular flexibility index (Phi) is 4.60. The first-order valence-electron chi connectivity index (χ1n) is 6.13. The number of rotatable bonds is 4. The van der Waals surface area contributed by atoms with E-state index >= 15 is 0 Å². The third-order valence-electron chi connectivity index (χ3n) is 2.86. The van der Waals surface area contributed by atoms with Crippen LogP contribution in [-0.4, -0.2) is 18.4 Å². The summed E-state index contributed by atoms with van der Waals surface area (Å²) >= 11 is 3.27. The second-order valence-electron chi connectivity index (χ2n) is 4.56. The van der Waals surface area contributed by atoms with E-state index in [0.717, 1.165) is 0 Å². The summed E-state index contributed by atoms with van der Waals surface area (Å²) in [4.78, 5) is 8.28. The van der Waals surface area contributed by atoms with E-state index < -0.39 is 10.0 Å². The average Bonchev–Trinajstić information content (AvgIpc) is 2.41. The van der Waals surface area contributed by atoms with E-state index in [2.05, 4.69) is 30.6 Å². The van der Waals surface area contributed by atoms with Gasteiger partial charge in [-0.25, -0.2) is 23.1 Å². The summed E-state index contributed by atoms with van der Waals surface area (Å²) in [5, 5.41) is 0. The van der Waals surface area contributed by atoms with Gasteiger partial charge in [0, 0.05) is 16.4 Å². The van der Waals surface area contributed by atoms with Crippen molar-refractivity contribution in [1.82, 2.24) is 14.7 Å². The molecule has 1 aromatic carbocycles. The number of benzene rings is 1. The first-order valence-corrected chi connectivity index (χ1v) is 8.41. The molecule has 0 amide bonds. The zero-order chi connectivity index (χ0) is 15.6. The molecule has 0 saturated heterocycles. The molecule has 0 radical (unpaired) electrons. The average molecular weight is 371 g/mol. The number of sulfonamides is 1. The van der Waals surface area contributed by atoms with Gasteiger partial charge in [-0.1, -0.05) is 0 Å². The standard InChI is InChI=1S/C13H15BrN4O2S/c1-8-5-11(14)12(15)6-13(8)21(19,20)17-7-10-3-4-16-9(2)18-10/h3-6,17H,7,15H2,1-2H3. The van der Waals surface area contributed by atoms with E-state index in [1.807, 2.05) is 0 Å². The number of nitrogens with zero attached hydrogens (tertiary/aromatic N) is 2. The van der Waals surface area contributed by atoms with Gasteiger partial charge >= 0.3 is 0 Å². The van der Waals surface area contributed by atoms with Gasteiger partial charge in [-0.05, 0) is 53.5 Å². The minimum absolute atomic E-state index is 0.0983. The summed E-state index contributed by atoms with van der Waals surface area (Å²) in [6.07, 6.45) is 1.59. The zero-order valence-electron chi connectivity index (χ0n) is 11.6. The van der Waals surface area contributed by atoms with Gasteiger partial charge in [0.1, 0.15) is 5.82 Å². The van der Waals surface area contributed by atoms with Crippen LogP contribution in [-0.2, 0) is 16.6 Å². The van der Waals surface area contributed by atoms with Crippen LogP contribution in [0.4, 0.5) is 5.69 Å². The zero-order valence-corrected chi connectivity index (χ0v) is 14.0. The Hall–Kier alpha value is -1.51. The molecule has 0 spiro atoms. The SMILES string of the molecule is Cc1nccc(CNS(=O)(=O)c2cc(N)c(Br)cc2C)n1. The molecule has 0 unspecified atom stereocenters. The van der Waals surface area contributed by atoms with Crippen LogP contribution in [0.2, 0.25) is 0 Å². The van der Waals surface area contributed by atoms with Crippen molar-refractivity contribution in [1.29, 1.82) is 0 Å². The van der Waals surface area contributed by atoms with Crippen LogP contribution in [0.15, 0.2) is 33.8 Å². The number of aromatic nitrogens is 2. The maximum absolute atomic E-state index is 12.3. The van der Waals surface area contributed by atoms with Crippen molar-refractivity contribution >= 4 is 31.6 Å². The van der Waals surface area contributed by atoms with Crippen LogP contribution >= 0.6 is 15.9 Å². The normalized spacial score (nSPS) is 11.6. The van der Waals surface area contributed by atoms with Crippen molar-refractivity contribution in [2.24, 2.45) is 0 Å². The Balaban J connectivity index is 2.25. The lowest BCUT2D eigenvalue weighted by atomic mass is 10.2. The molecule has 6 nitrogen and oxygen atoms in total. The summed E-state index contributed by atoms with van der Waals surface area (Å²) in [5.74, 6) is 0.593. The van der Waals surface area contributed by atoms with Crippen molar-refractivity contribution in [2.45, 2.75) is 25.3 Å². The van der Waals surface area contributed by atoms with Crippen LogP contribution in [0.5, 0.6) is 0 Å². The third kappa shape index (κ3) is 3.78.